The Labute approximate surface area is 453 Å². The fourth-order valence-electron chi connectivity index (χ4n) is 11.7. The van der Waals surface area contributed by atoms with Gasteiger partial charge in [-0.1, -0.05) is 88.4 Å². The zero-order valence-corrected chi connectivity index (χ0v) is 45.0. The van der Waals surface area contributed by atoms with Crippen LogP contribution < -0.4 is 33.8 Å². The van der Waals surface area contributed by atoms with Gasteiger partial charge >= 0.3 is 0 Å². The van der Waals surface area contributed by atoms with Gasteiger partial charge < -0.3 is 33.8 Å². The van der Waals surface area contributed by atoms with Gasteiger partial charge in [0.2, 0.25) is 0 Å². The van der Waals surface area contributed by atoms with E-state index in [2.05, 4.69) is 248 Å². The van der Waals surface area contributed by atoms with Crippen LogP contribution in [0.4, 0.5) is 62.6 Å². The van der Waals surface area contributed by atoms with E-state index >= 15 is 0 Å². The molecule has 0 saturated carbocycles. The molecule has 12 rings (SSSR count). The molecule has 380 valence electrons. The topological polar surface area (TPSA) is 40.7 Å². The average Bonchev–Trinajstić information content (AvgIpc) is 3.87. The van der Waals surface area contributed by atoms with Crippen molar-refractivity contribution in [3.8, 4) is 39.5 Å². The molecule has 0 fully saturated rings. The molecule has 2 aliphatic carbocycles. The lowest BCUT2D eigenvalue weighted by Crippen LogP contribution is -2.17. The minimum atomic E-state index is -0.150. The number of hydrogen-bond donors (Lipinski definition) is 0. The van der Waals surface area contributed by atoms with Gasteiger partial charge in [0, 0.05) is 80.4 Å². The molecule has 0 radical (unpaired) electrons. The molecule has 10 aromatic rings. The van der Waals surface area contributed by atoms with Gasteiger partial charge in [-0.3, -0.25) is 0 Å². The van der Waals surface area contributed by atoms with Gasteiger partial charge in [-0.15, -0.1) is 0 Å². The summed E-state index contributed by atoms with van der Waals surface area (Å²) in [6, 6.07) is 83.0. The number of nitrogens with zero attached hydrogens (tertiary/aromatic N) is 4. The minimum absolute atomic E-state index is 0.150. The summed E-state index contributed by atoms with van der Waals surface area (Å²) in [5, 5.41) is 0. The molecule has 7 nitrogen and oxygen atoms in total. The van der Waals surface area contributed by atoms with Crippen LogP contribution in [0.1, 0.15) is 49.9 Å². The van der Waals surface area contributed by atoms with E-state index < -0.39 is 0 Å². The van der Waals surface area contributed by atoms with Crippen LogP contribution in [0.15, 0.2) is 231 Å². The lowest BCUT2D eigenvalue weighted by atomic mass is 9.82. The molecule has 0 unspecified atom stereocenters. The fourth-order valence-corrected chi connectivity index (χ4v) is 11.7. The van der Waals surface area contributed by atoms with Crippen molar-refractivity contribution in [2.45, 2.75) is 38.5 Å². The summed E-state index contributed by atoms with van der Waals surface area (Å²) in [4.78, 5) is 9.22. The Bertz CT molecular complexity index is 3550. The second-order valence-electron chi connectivity index (χ2n) is 21.0. The summed E-state index contributed by atoms with van der Waals surface area (Å²) >= 11 is 0. The zero-order chi connectivity index (χ0) is 53.0. The molecule has 0 heterocycles. The Kier molecular flexibility index (Phi) is 12.3. The van der Waals surface area contributed by atoms with Crippen molar-refractivity contribution in [3.05, 3.63) is 253 Å². The van der Waals surface area contributed by atoms with Gasteiger partial charge in [-0.25, -0.2) is 0 Å². The number of fused-ring (bicyclic) bond motifs is 6. The summed E-state index contributed by atoms with van der Waals surface area (Å²) in [6.07, 6.45) is 0. The summed E-state index contributed by atoms with van der Waals surface area (Å²) in [7, 11) is 7.21. The van der Waals surface area contributed by atoms with Crippen molar-refractivity contribution < 1.29 is 14.2 Å². The van der Waals surface area contributed by atoms with E-state index in [0.717, 1.165) is 79.8 Å². The van der Waals surface area contributed by atoms with Crippen LogP contribution in [0.2, 0.25) is 0 Å². The molecular weight excluding hydrogens is 945 g/mol. The van der Waals surface area contributed by atoms with Gasteiger partial charge in [-0.2, -0.15) is 0 Å². The zero-order valence-electron chi connectivity index (χ0n) is 45.0. The Morgan fingerprint density at radius 3 is 0.805 bits per heavy atom. The summed E-state index contributed by atoms with van der Waals surface area (Å²) in [5.74, 6) is 2.45. The van der Waals surface area contributed by atoms with E-state index in [-0.39, 0.29) is 10.8 Å². The molecule has 0 aliphatic heterocycles. The Balaban J connectivity index is 0.946. The molecule has 0 bridgehead atoms. The monoisotopic (exact) mass is 1010 g/mol. The number of hydrogen-bond acceptors (Lipinski definition) is 7. The molecule has 0 aromatic heterocycles. The highest BCUT2D eigenvalue weighted by molar-refractivity contribution is 5.89. The lowest BCUT2D eigenvalue weighted by Gasteiger charge is -2.31. The first-order chi connectivity index (χ1) is 37.4. The largest absolute Gasteiger partial charge is 0.497 e. The number of rotatable bonds is 14. The quantitative estimate of drug-likeness (QED) is 0.107. The third-order valence-electron chi connectivity index (χ3n) is 16.0. The lowest BCUT2D eigenvalue weighted by molar-refractivity contribution is 0.414. The second-order valence-corrected chi connectivity index (χ2v) is 21.0. The molecular formula is C70H62N4O3. The molecule has 2 aliphatic rings. The van der Waals surface area contributed by atoms with Crippen LogP contribution in [-0.4, -0.2) is 28.4 Å². The Morgan fingerprint density at radius 2 is 0.494 bits per heavy atom. The summed E-state index contributed by atoms with van der Waals surface area (Å²) < 4.78 is 16.7. The summed E-state index contributed by atoms with van der Waals surface area (Å²) in [6.45, 7) is 9.34. The molecule has 0 atom stereocenters. The average molecular weight is 1010 g/mol. The highest BCUT2D eigenvalue weighted by Crippen LogP contribution is 2.53. The number of ether oxygens (including phenoxy) is 3. The molecule has 0 saturated heterocycles. The van der Waals surface area contributed by atoms with E-state index in [1.807, 2.05) is 36.4 Å². The fraction of sp³-hybridized carbons (Fsp3) is 0.143. The predicted molar refractivity (Wildman–Crippen MR) is 320 cm³/mol. The summed E-state index contributed by atoms with van der Waals surface area (Å²) in [5.41, 5.74) is 21.7. The van der Waals surface area contributed by atoms with Crippen molar-refractivity contribution in [3.63, 3.8) is 0 Å². The Morgan fingerprint density at radius 1 is 0.260 bits per heavy atom. The highest BCUT2D eigenvalue weighted by Gasteiger charge is 2.37. The third kappa shape index (κ3) is 8.58. The van der Waals surface area contributed by atoms with Crippen LogP contribution in [0.5, 0.6) is 17.2 Å². The van der Waals surface area contributed by atoms with Crippen molar-refractivity contribution in [2.24, 2.45) is 0 Å². The van der Waals surface area contributed by atoms with Gasteiger partial charge in [-0.05, 0) is 214 Å². The maximum Gasteiger partial charge on any atom is 0.119 e. The maximum absolute atomic E-state index is 5.63. The smallest absolute Gasteiger partial charge is 0.119 e. The molecule has 0 N–H and O–H groups in total. The first kappa shape index (κ1) is 48.7. The number of anilines is 11. The van der Waals surface area contributed by atoms with Crippen LogP contribution >= 0.6 is 0 Å². The van der Waals surface area contributed by atoms with E-state index in [1.165, 1.54) is 44.5 Å². The standard InChI is InChI=1S/C70H62N4O3/c1-69(2)65-15-11-9-13-61(65)63-43-35-56(45-67(63)69)73(54-31-39-59(76-7)40-32-54)52-25-21-50(22-26-52)72(49-19-17-47(18-20-49)71(5)48-29-37-58(75-6)38-30-48)51-23-27-53(28-24-51)74(55-33-41-60(77-8)42-34-55)57-36-44-64-62-14-10-12-16-66(62)70(3,4)68(64)46-57/h9-46H,1-8H3. The molecule has 77 heavy (non-hydrogen) atoms. The third-order valence-corrected chi connectivity index (χ3v) is 16.0. The van der Waals surface area contributed by atoms with Crippen LogP contribution in [0, 0.1) is 0 Å². The van der Waals surface area contributed by atoms with Crippen LogP contribution in [-0.2, 0) is 10.8 Å². The molecule has 10 aromatic carbocycles. The van der Waals surface area contributed by atoms with Gasteiger partial charge in [0.25, 0.3) is 0 Å². The van der Waals surface area contributed by atoms with Gasteiger partial charge in [0.15, 0.2) is 0 Å². The molecule has 0 spiro atoms. The van der Waals surface area contributed by atoms with Crippen molar-refractivity contribution in [1.29, 1.82) is 0 Å². The van der Waals surface area contributed by atoms with E-state index in [0.29, 0.717) is 0 Å². The van der Waals surface area contributed by atoms with Crippen LogP contribution in [0.3, 0.4) is 0 Å². The number of benzene rings is 10. The van der Waals surface area contributed by atoms with E-state index in [9.17, 15) is 0 Å². The maximum atomic E-state index is 5.63. The Hall–Kier alpha value is -9.20. The van der Waals surface area contributed by atoms with E-state index in [1.54, 1.807) is 21.3 Å². The highest BCUT2D eigenvalue weighted by atomic mass is 16.5. The van der Waals surface area contributed by atoms with Gasteiger partial charge in [0.1, 0.15) is 17.2 Å². The first-order valence-electron chi connectivity index (χ1n) is 26.3. The first-order valence-corrected chi connectivity index (χ1v) is 26.3. The van der Waals surface area contributed by atoms with Crippen LogP contribution in [0.25, 0.3) is 22.3 Å². The van der Waals surface area contributed by atoms with Crippen molar-refractivity contribution >= 4 is 62.6 Å². The second kappa shape index (κ2) is 19.5. The SMILES string of the molecule is COc1ccc(N(C)c2ccc(N(c3ccc(N(c4ccc(OC)cc4)c4ccc5c(c4)C(C)(C)c4ccccc4-5)cc3)c3ccc(N(c4ccc(OC)cc4)c4ccc5c(c4)C(C)(C)c4ccccc4-5)cc3)cc2)cc1. The van der Waals surface area contributed by atoms with Crippen molar-refractivity contribution in [1.82, 2.24) is 0 Å². The molecule has 0 amide bonds. The molecule has 7 heteroatoms. The van der Waals surface area contributed by atoms with Gasteiger partial charge in [0.05, 0.1) is 21.3 Å². The van der Waals surface area contributed by atoms with E-state index in [4.69, 9.17) is 14.2 Å². The number of methoxy groups -OCH3 is 3. The minimum Gasteiger partial charge on any atom is -0.497 e. The predicted octanol–water partition coefficient (Wildman–Crippen LogP) is 18.5. The van der Waals surface area contributed by atoms with Crippen molar-refractivity contribution in [2.75, 3.05) is 48.0 Å². The normalized spacial score (nSPS) is 13.1.